The lowest BCUT2D eigenvalue weighted by atomic mass is 9.83. The Morgan fingerprint density at radius 1 is 1.23 bits per heavy atom. The third-order valence-electron chi connectivity index (χ3n) is 10.1. The number of nitrogens with zero attached hydrogens (tertiary/aromatic N) is 2. The summed E-state index contributed by atoms with van der Waals surface area (Å²) in [6.45, 7) is 11.0. The zero-order valence-electron chi connectivity index (χ0n) is 31.6. The minimum atomic E-state index is -1.82. The molecule has 0 spiro atoms. The van der Waals surface area contributed by atoms with Crippen molar-refractivity contribution in [2.45, 2.75) is 108 Å². The van der Waals surface area contributed by atoms with Crippen LogP contribution in [0, 0.1) is 5.92 Å². The van der Waals surface area contributed by atoms with Gasteiger partial charge in [-0.2, -0.15) is 0 Å². The average Bonchev–Trinajstić information content (AvgIpc) is 3.79. The number of fused-ring (bicyclic) bond motifs is 5. The second kappa shape index (κ2) is 16.8. The molecule has 15 heteroatoms. The Morgan fingerprint density at radius 2 is 1.92 bits per heavy atom. The quantitative estimate of drug-likeness (QED) is 0.281. The lowest BCUT2D eigenvalue weighted by molar-refractivity contribution is -0.161. The summed E-state index contributed by atoms with van der Waals surface area (Å²) in [5.74, 6) is -1.33. The molecule has 1 aromatic rings. The number of ether oxygens (including phenoxy) is 5. The van der Waals surface area contributed by atoms with Gasteiger partial charge in [-0.25, -0.2) is 9.59 Å². The van der Waals surface area contributed by atoms with Gasteiger partial charge in [0.05, 0.1) is 31.1 Å². The lowest BCUT2D eigenvalue weighted by Gasteiger charge is -2.42. The van der Waals surface area contributed by atoms with Crippen molar-refractivity contribution >= 4 is 52.9 Å². The molecule has 3 heterocycles. The van der Waals surface area contributed by atoms with Crippen molar-refractivity contribution in [1.29, 1.82) is 0 Å². The summed E-state index contributed by atoms with van der Waals surface area (Å²) in [4.78, 5) is 56.3. The molecule has 1 aromatic carbocycles. The van der Waals surface area contributed by atoms with E-state index >= 15 is 0 Å². The van der Waals surface area contributed by atoms with Gasteiger partial charge in [0, 0.05) is 33.5 Å². The number of methoxy groups -OCH3 is 2. The predicted molar refractivity (Wildman–Crippen MR) is 199 cm³/mol. The van der Waals surface area contributed by atoms with Gasteiger partial charge >= 0.3 is 12.1 Å². The first-order chi connectivity index (χ1) is 24.3. The molecule has 4 rings (SSSR count). The van der Waals surface area contributed by atoms with Gasteiger partial charge in [0.15, 0.2) is 5.72 Å². The number of nitrogens with one attached hydrogen (secondary N) is 1. The Kier molecular flexibility index (Phi) is 13.4. The van der Waals surface area contributed by atoms with Gasteiger partial charge in [-0.05, 0) is 50.1 Å². The number of carbonyl (C=O) groups excluding carboxylic acids is 4. The van der Waals surface area contributed by atoms with Crippen molar-refractivity contribution < 1.29 is 48.0 Å². The number of thioether (sulfide) groups is 1. The fraction of sp³-hybridized carbons (Fsp3) is 0.622. The third kappa shape index (κ3) is 9.25. The van der Waals surface area contributed by atoms with Crippen LogP contribution in [0.1, 0.15) is 59.9 Å². The van der Waals surface area contributed by atoms with Gasteiger partial charge in [-0.3, -0.25) is 14.9 Å². The van der Waals surface area contributed by atoms with Crippen LogP contribution in [0.2, 0.25) is 5.02 Å². The summed E-state index contributed by atoms with van der Waals surface area (Å²) in [6, 6.07) is 2.63. The lowest BCUT2D eigenvalue weighted by Crippen LogP contribution is -2.63. The van der Waals surface area contributed by atoms with E-state index in [2.05, 4.69) is 5.32 Å². The molecule has 0 aliphatic carbocycles. The molecule has 52 heavy (non-hydrogen) atoms. The van der Waals surface area contributed by atoms with E-state index in [4.69, 9.17) is 35.3 Å². The van der Waals surface area contributed by atoms with Gasteiger partial charge in [-0.1, -0.05) is 56.2 Å². The van der Waals surface area contributed by atoms with Gasteiger partial charge in [0.2, 0.25) is 11.8 Å². The topological polar surface area (TPSA) is 156 Å². The maximum atomic E-state index is 14.1. The van der Waals surface area contributed by atoms with Crippen LogP contribution in [0.15, 0.2) is 35.9 Å². The van der Waals surface area contributed by atoms with Gasteiger partial charge in [0.25, 0.3) is 0 Å². The number of halogens is 1. The number of alkyl carbamates (subject to hydrolysis) is 1. The summed E-state index contributed by atoms with van der Waals surface area (Å²) in [5.41, 5.74) is -0.887. The number of likely N-dealkylation sites (N-methyl/N-ethyl adjacent to an activating group) is 1. The molecule has 0 saturated carbocycles. The minimum Gasteiger partial charge on any atom is -0.495 e. The fourth-order valence-corrected chi connectivity index (χ4v) is 7.55. The second-order valence-electron chi connectivity index (χ2n) is 14.3. The van der Waals surface area contributed by atoms with Crippen LogP contribution in [-0.4, -0.2) is 115 Å². The number of hydrogen-bond acceptors (Lipinski definition) is 11. The maximum absolute atomic E-state index is 14.1. The van der Waals surface area contributed by atoms with Crippen molar-refractivity contribution in [3.63, 3.8) is 0 Å². The smallest absolute Gasteiger partial charge is 0.409 e. The van der Waals surface area contributed by atoms with Crippen molar-refractivity contribution in [1.82, 2.24) is 10.2 Å². The largest absolute Gasteiger partial charge is 0.495 e. The Hall–Kier alpha value is -3.30. The molecule has 8 unspecified atom stereocenters. The molecule has 3 aliphatic heterocycles. The highest BCUT2D eigenvalue weighted by Gasteiger charge is 2.64. The first-order valence-corrected chi connectivity index (χ1v) is 18.7. The molecule has 2 saturated heterocycles. The summed E-state index contributed by atoms with van der Waals surface area (Å²) >= 11 is 8.21. The van der Waals surface area contributed by atoms with Crippen LogP contribution in [0.5, 0.6) is 5.75 Å². The molecule has 288 valence electrons. The zero-order valence-corrected chi connectivity index (χ0v) is 33.1. The van der Waals surface area contributed by atoms with E-state index < -0.39 is 65.7 Å². The van der Waals surface area contributed by atoms with Gasteiger partial charge in [0.1, 0.15) is 40.7 Å². The number of benzene rings is 1. The van der Waals surface area contributed by atoms with Gasteiger partial charge in [-0.15, -0.1) is 11.8 Å². The molecule has 3 aliphatic rings. The number of aliphatic hydroxyl groups is 1. The third-order valence-corrected chi connectivity index (χ3v) is 11.5. The zero-order chi connectivity index (χ0) is 38.7. The first-order valence-electron chi connectivity index (χ1n) is 17.3. The number of epoxide rings is 1. The molecule has 13 nitrogen and oxygen atoms in total. The first kappa shape index (κ1) is 41.5. The van der Waals surface area contributed by atoms with Crippen molar-refractivity contribution in [2.75, 3.05) is 39.0 Å². The van der Waals surface area contributed by atoms with Crippen LogP contribution in [-0.2, 0) is 39.8 Å². The van der Waals surface area contributed by atoms with Crippen LogP contribution >= 0.6 is 23.4 Å². The van der Waals surface area contributed by atoms with E-state index in [-0.39, 0.29) is 34.8 Å². The van der Waals surface area contributed by atoms with E-state index in [1.807, 2.05) is 26.8 Å². The number of hydrogen-bond donors (Lipinski definition) is 2. The van der Waals surface area contributed by atoms with Crippen molar-refractivity contribution in [3.8, 4) is 5.75 Å². The van der Waals surface area contributed by atoms with E-state index in [1.165, 1.54) is 42.8 Å². The summed E-state index contributed by atoms with van der Waals surface area (Å²) < 4.78 is 29.2. The number of rotatable bonds is 8. The highest BCUT2D eigenvalue weighted by molar-refractivity contribution is 8.00. The highest BCUT2D eigenvalue weighted by atomic mass is 35.5. The van der Waals surface area contributed by atoms with Crippen molar-refractivity contribution in [2.24, 2.45) is 5.92 Å². The number of carbonyl (C=O) groups is 4. The molecule has 2 N–H and O–H groups in total. The van der Waals surface area contributed by atoms with Crippen LogP contribution in [0.3, 0.4) is 0 Å². The minimum absolute atomic E-state index is 0.0457. The Balaban J connectivity index is 1.75. The Bertz CT molecular complexity index is 1590. The maximum Gasteiger partial charge on any atom is 0.409 e. The Labute approximate surface area is 315 Å². The highest BCUT2D eigenvalue weighted by Crippen LogP contribution is 2.49. The Morgan fingerprint density at radius 3 is 2.56 bits per heavy atom. The van der Waals surface area contributed by atoms with E-state index in [1.54, 1.807) is 52.1 Å². The molecular formula is C37H52ClN3O10S. The molecule has 3 amide bonds. The number of anilines is 1. The van der Waals surface area contributed by atoms with Crippen molar-refractivity contribution in [3.05, 3.63) is 46.5 Å². The fourth-order valence-electron chi connectivity index (χ4n) is 6.56. The SMILES string of the molecule is COc1cc2cc(c1Cl)N(C)C(=O)CC(OC(=O)C(C)N(C)C(=O)CSC(C)C)C1(C)OC1C(C)C1CC(O)(NC(=O)O1)C(OC)/C=C/C=C(\C)C2. The molecule has 8 atom stereocenters. The van der Waals surface area contributed by atoms with Crippen LogP contribution in [0.25, 0.3) is 0 Å². The number of amides is 3. The standard InChI is InChI=1S/C37H52ClN3O10S/c1-20(2)52-19-31(43)40(7)23(5)34(44)50-29-17-30(42)41(8)25-15-24(16-26(47-9)32(25)38)14-21(3)12-11-13-28(48-10)37(46)18-27(49-35(45)39-37)22(4)33-36(29,6)51-33/h11-13,15-16,20,22-23,27-29,33,46H,14,17-19H2,1-10H3,(H,39,45)/b13-11+,21-12+. The summed E-state index contributed by atoms with van der Waals surface area (Å²) in [7, 11) is 6.04. The average molecular weight is 766 g/mol. The molecule has 0 aromatic heterocycles. The van der Waals surface area contributed by atoms with Crippen LogP contribution < -0.4 is 15.0 Å². The second-order valence-corrected chi connectivity index (χ2v) is 16.2. The summed E-state index contributed by atoms with van der Waals surface area (Å²) in [6.07, 6.45) is 0.996. The van der Waals surface area contributed by atoms with Crippen LogP contribution in [0.4, 0.5) is 10.5 Å². The molecule has 0 radical (unpaired) electrons. The molecule has 4 bridgehead atoms. The predicted octanol–water partition coefficient (Wildman–Crippen LogP) is 4.66. The normalized spacial score (nSPS) is 31.7. The summed E-state index contributed by atoms with van der Waals surface area (Å²) in [5, 5.41) is 14.7. The number of esters is 1. The molecular weight excluding hydrogens is 714 g/mol. The van der Waals surface area contributed by atoms with E-state index in [0.29, 0.717) is 17.9 Å². The van der Waals surface area contributed by atoms with Gasteiger partial charge < -0.3 is 38.6 Å². The number of allylic oxidation sites excluding steroid dienone is 3. The van der Waals surface area contributed by atoms with E-state index in [0.717, 1.165) is 11.1 Å². The van der Waals surface area contributed by atoms with E-state index in [9.17, 15) is 24.3 Å². The molecule has 2 fully saturated rings. The monoisotopic (exact) mass is 765 g/mol.